The highest BCUT2D eigenvalue weighted by Crippen LogP contribution is 2.16. The first-order valence-corrected chi connectivity index (χ1v) is 6.31. The van der Waals surface area contributed by atoms with Gasteiger partial charge in [0.05, 0.1) is 18.1 Å². The van der Waals surface area contributed by atoms with Crippen LogP contribution in [0.3, 0.4) is 0 Å². The van der Waals surface area contributed by atoms with Crippen LogP contribution in [0.2, 0.25) is 0 Å². The Morgan fingerprint density at radius 1 is 1.12 bits per heavy atom. The summed E-state index contributed by atoms with van der Waals surface area (Å²) in [5.41, 5.74) is 0.920. The molecule has 5 nitrogen and oxygen atoms in total. The number of nitrogens with one attached hydrogen (secondary N) is 1. The molecule has 0 bridgehead atoms. The van der Waals surface area contributed by atoms with Crippen molar-refractivity contribution in [2.45, 2.75) is 17.8 Å². The highest BCUT2D eigenvalue weighted by molar-refractivity contribution is 7.98. The zero-order valence-corrected chi connectivity index (χ0v) is 10.3. The van der Waals surface area contributed by atoms with E-state index in [0.717, 1.165) is 29.0 Å². The van der Waals surface area contributed by atoms with E-state index in [0.29, 0.717) is 0 Å². The van der Waals surface area contributed by atoms with Crippen molar-refractivity contribution < 1.29 is 0 Å². The minimum absolute atomic E-state index is 0.726. The largest absolute Gasteiger partial charge is 0.369 e. The SMILES string of the molecule is CCNc1cnc(CSc2ncccn2)cn1. The van der Waals surface area contributed by atoms with E-state index in [4.69, 9.17) is 0 Å². The lowest BCUT2D eigenvalue weighted by atomic mass is 10.5. The van der Waals surface area contributed by atoms with Gasteiger partial charge in [0.15, 0.2) is 5.16 Å². The van der Waals surface area contributed by atoms with Crippen molar-refractivity contribution in [3.8, 4) is 0 Å². The molecule has 2 rings (SSSR count). The molecule has 0 amide bonds. The van der Waals surface area contributed by atoms with E-state index in [9.17, 15) is 0 Å². The summed E-state index contributed by atoms with van der Waals surface area (Å²) in [5, 5.41) is 3.86. The summed E-state index contributed by atoms with van der Waals surface area (Å²) in [4.78, 5) is 16.8. The zero-order chi connectivity index (χ0) is 11.9. The maximum absolute atomic E-state index is 4.31. The Bertz CT molecular complexity index is 445. The average molecular weight is 247 g/mol. The van der Waals surface area contributed by atoms with Crippen LogP contribution in [0.25, 0.3) is 0 Å². The second kappa shape index (κ2) is 6.15. The van der Waals surface area contributed by atoms with E-state index in [1.54, 1.807) is 42.6 Å². The summed E-state index contributed by atoms with van der Waals surface area (Å²) in [6.07, 6.45) is 6.98. The fraction of sp³-hybridized carbons (Fsp3) is 0.273. The van der Waals surface area contributed by atoms with Crippen LogP contribution >= 0.6 is 11.8 Å². The molecule has 0 spiro atoms. The minimum Gasteiger partial charge on any atom is -0.369 e. The van der Waals surface area contributed by atoms with E-state index < -0.39 is 0 Å². The van der Waals surface area contributed by atoms with Crippen LogP contribution in [0.5, 0.6) is 0 Å². The van der Waals surface area contributed by atoms with Crippen LogP contribution < -0.4 is 5.32 Å². The minimum atomic E-state index is 0.726. The van der Waals surface area contributed by atoms with Crippen LogP contribution in [0, 0.1) is 0 Å². The molecule has 0 aliphatic rings. The van der Waals surface area contributed by atoms with Crippen LogP contribution in [-0.2, 0) is 5.75 Å². The quantitative estimate of drug-likeness (QED) is 0.644. The van der Waals surface area contributed by atoms with Gasteiger partial charge in [-0.25, -0.2) is 15.0 Å². The number of nitrogens with zero attached hydrogens (tertiary/aromatic N) is 4. The maximum Gasteiger partial charge on any atom is 0.187 e. The van der Waals surface area contributed by atoms with Gasteiger partial charge in [-0.05, 0) is 13.0 Å². The normalized spacial score (nSPS) is 10.2. The van der Waals surface area contributed by atoms with Crippen LogP contribution in [-0.4, -0.2) is 26.5 Å². The van der Waals surface area contributed by atoms with Crippen molar-refractivity contribution in [3.63, 3.8) is 0 Å². The lowest BCUT2D eigenvalue weighted by Crippen LogP contribution is -2.00. The number of hydrogen-bond acceptors (Lipinski definition) is 6. The lowest BCUT2D eigenvalue weighted by molar-refractivity contribution is 0.963. The molecule has 2 aromatic rings. The molecule has 6 heteroatoms. The highest BCUT2D eigenvalue weighted by atomic mass is 32.2. The molecule has 0 unspecified atom stereocenters. The van der Waals surface area contributed by atoms with E-state index in [1.165, 1.54) is 0 Å². The third-order valence-electron chi connectivity index (χ3n) is 1.95. The Morgan fingerprint density at radius 3 is 2.59 bits per heavy atom. The molecule has 88 valence electrons. The molecular weight excluding hydrogens is 234 g/mol. The Balaban J connectivity index is 1.91. The summed E-state index contributed by atoms with van der Waals surface area (Å²) in [6, 6.07) is 1.80. The molecule has 0 aliphatic carbocycles. The first-order valence-electron chi connectivity index (χ1n) is 5.33. The van der Waals surface area contributed by atoms with Gasteiger partial charge in [0.25, 0.3) is 0 Å². The summed E-state index contributed by atoms with van der Waals surface area (Å²) in [5.74, 6) is 1.53. The van der Waals surface area contributed by atoms with Gasteiger partial charge in [0.2, 0.25) is 0 Å². The number of anilines is 1. The maximum atomic E-state index is 4.31. The fourth-order valence-corrected chi connectivity index (χ4v) is 1.90. The Morgan fingerprint density at radius 2 is 1.94 bits per heavy atom. The standard InChI is InChI=1S/C11H13N5S/c1-2-12-10-7-15-9(6-16-10)8-17-11-13-4-3-5-14-11/h3-7H,2,8H2,1H3,(H,12,16). The molecule has 2 heterocycles. The summed E-state index contributed by atoms with van der Waals surface area (Å²) >= 11 is 1.55. The Kier molecular flexibility index (Phi) is 4.26. The topological polar surface area (TPSA) is 63.6 Å². The predicted octanol–water partition coefficient (Wildman–Crippen LogP) is 1.99. The van der Waals surface area contributed by atoms with Crippen molar-refractivity contribution in [3.05, 3.63) is 36.5 Å². The van der Waals surface area contributed by atoms with Crippen LogP contribution in [0.15, 0.2) is 36.0 Å². The third kappa shape index (κ3) is 3.67. The predicted molar refractivity (Wildman–Crippen MR) is 67.8 cm³/mol. The fourth-order valence-electron chi connectivity index (χ4n) is 1.20. The van der Waals surface area contributed by atoms with E-state index >= 15 is 0 Å². The molecule has 1 N–H and O–H groups in total. The van der Waals surface area contributed by atoms with E-state index in [1.807, 2.05) is 6.92 Å². The summed E-state index contributed by atoms with van der Waals surface area (Å²) in [6.45, 7) is 2.87. The van der Waals surface area contributed by atoms with Gasteiger partial charge in [-0.2, -0.15) is 0 Å². The summed E-state index contributed by atoms with van der Waals surface area (Å²) < 4.78 is 0. The molecule has 0 fully saturated rings. The smallest absolute Gasteiger partial charge is 0.187 e. The van der Waals surface area contributed by atoms with Gasteiger partial charge in [-0.1, -0.05) is 11.8 Å². The number of thioether (sulfide) groups is 1. The number of hydrogen-bond donors (Lipinski definition) is 1. The van der Waals surface area contributed by atoms with Crippen molar-refractivity contribution in [1.29, 1.82) is 0 Å². The zero-order valence-electron chi connectivity index (χ0n) is 9.50. The monoisotopic (exact) mass is 247 g/mol. The molecular formula is C11H13N5S. The first-order chi connectivity index (χ1) is 8.38. The summed E-state index contributed by atoms with van der Waals surface area (Å²) in [7, 11) is 0. The van der Waals surface area contributed by atoms with Crippen LogP contribution in [0.1, 0.15) is 12.6 Å². The average Bonchev–Trinajstić information content (AvgIpc) is 2.40. The highest BCUT2D eigenvalue weighted by Gasteiger charge is 2.00. The van der Waals surface area contributed by atoms with Gasteiger partial charge in [-0.15, -0.1) is 0 Å². The van der Waals surface area contributed by atoms with E-state index in [2.05, 4.69) is 25.3 Å². The first kappa shape index (κ1) is 11.8. The molecule has 0 aliphatic heterocycles. The molecule has 0 aromatic carbocycles. The molecule has 0 saturated carbocycles. The third-order valence-corrected chi connectivity index (χ3v) is 2.86. The van der Waals surface area contributed by atoms with Crippen molar-refractivity contribution >= 4 is 17.6 Å². The Labute approximate surface area is 104 Å². The van der Waals surface area contributed by atoms with Crippen LogP contribution in [0.4, 0.5) is 5.82 Å². The molecule has 0 saturated heterocycles. The van der Waals surface area contributed by atoms with Gasteiger partial charge in [-0.3, -0.25) is 4.98 Å². The van der Waals surface area contributed by atoms with Gasteiger partial charge in [0, 0.05) is 24.7 Å². The van der Waals surface area contributed by atoms with Crippen molar-refractivity contribution in [2.75, 3.05) is 11.9 Å². The molecule has 0 radical (unpaired) electrons. The second-order valence-corrected chi connectivity index (χ2v) is 4.19. The van der Waals surface area contributed by atoms with E-state index in [-0.39, 0.29) is 0 Å². The molecule has 2 aromatic heterocycles. The number of aromatic nitrogens is 4. The van der Waals surface area contributed by atoms with Gasteiger partial charge < -0.3 is 5.32 Å². The second-order valence-electron chi connectivity index (χ2n) is 3.24. The number of rotatable bonds is 5. The van der Waals surface area contributed by atoms with Crippen molar-refractivity contribution in [1.82, 2.24) is 19.9 Å². The van der Waals surface area contributed by atoms with Gasteiger partial charge >= 0.3 is 0 Å². The lowest BCUT2D eigenvalue weighted by Gasteiger charge is -2.02. The van der Waals surface area contributed by atoms with Crippen molar-refractivity contribution in [2.24, 2.45) is 0 Å². The van der Waals surface area contributed by atoms with Gasteiger partial charge in [0.1, 0.15) is 5.82 Å². The Hall–Kier alpha value is -1.69. The molecule has 0 atom stereocenters. The molecule has 17 heavy (non-hydrogen) atoms.